The third-order valence-corrected chi connectivity index (χ3v) is 2.94. The van der Waals surface area contributed by atoms with Crippen molar-refractivity contribution in [2.24, 2.45) is 0 Å². The molecule has 1 aromatic heterocycles. The number of aromatic nitrogens is 1. The maximum atomic E-state index is 12.0. The van der Waals surface area contributed by atoms with E-state index in [4.69, 9.17) is 9.63 Å². The molecule has 0 saturated heterocycles. The van der Waals surface area contributed by atoms with Gasteiger partial charge in [0.2, 0.25) is 0 Å². The van der Waals surface area contributed by atoms with Crippen LogP contribution in [0.1, 0.15) is 33.7 Å². The van der Waals surface area contributed by atoms with E-state index < -0.39 is 0 Å². The summed E-state index contributed by atoms with van der Waals surface area (Å²) in [6, 6.07) is 5.48. The fraction of sp³-hybridized carbons (Fsp3) is 0.250. The zero-order valence-corrected chi connectivity index (χ0v) is 11.9. The predicted molar refractivity (Wildman–Crippen MR) is 79.0 cm³/mol. The number of aryl methyl sites for hydroxylation is 2. The minimum absolute atomic E-state index is 0.0538. The number of aliphatic hydroxyl groups is 1. The molecule has 5 nitrogen and oxygen atoms in total. The van der Waals surface area contributed by atoms with Gasteiger partial charge in [0.05, 0.1) is 12.8 Å². The summed E-state index contributed by atoms with van der Waals surface area (Å²) in [5, 5.41) is 15.1. The maximum Gasteiger partial charge on any atom is 0.260 e. The van der Waals surface area contributed by atoms with Gasteiger partial charge in [0.1, 0.15) is 11.3 Å². The summed E-state index contributed by atoms with van der Waals surface area (Å²) in [7, 11) is 0. The third-order valence-electron chi connectivity index (χ3n) is 2.94. The second kappa shape index (κ2) is 6.73. The fourth-order valence-electron chi connectivity index (χ4n) is 1.81. The summed E-state index contributed by atoms with van der Waals surface area (Å²) in [5.41, 5.74) is 2.94. The Morgan fingerprint density at radius 2 is 2.24 bits per heavy atom. The molecule has 1 aromatic carbocycles. The minimum Gasteiger partial charge on any atom is -0.395 e. The van der Waals surface area contributed by atoms with Crippen LogP contribution in [0.2, 0.25) is 0 Å². The zero-order chi connectivity index (χ0) is 15.2. The number of aliphatic hydroxyl groups excluding tert-OH is 1. The molecule has 2 rings (SSSR count). The van der Waals surface area contributed by atoms with Gasteiger partial charge in [-0.2, -0.15) is 0 Å². The molecule has 2 aromatic rings. The van der Waals surface area contributed by atoms with Crippen LogP contribution in [0.3, 0.4) is 0 Å². The Labute approximate surface area is 123 Å². The average Bonchev–Trinajstić information content (AvgIpc) is 2.88. The number of rotatable bonds is 3. The van der Waals surface area contributed by atoms with Crippen molar-refractivity contribution in [1.82, 2.24) is 5.16 Å². The molecule has 0 aliphatic heterocycles. The molecule has 5 heteroatoms. The molecule has 1 amide bonds. The number of amides is 1. The number of benzene rings is 1. The highest BCUT2D eigenvalue weighted by molar-refractivity contribution is 6.04. The normalized spacial score (nSPS) is 9.86. The van der Waals surface area contributed by atoms with Gasteiger partial charge in [-0.05, 0) is 37.6 Å². The number of hydrogen-bond acceptors (Lipinski definition) is 4. The molecular formula is C16H16N2O3. The second-order valence-corrected chi connectivity index (χ2v) is 4.55. The smallest absolute Gasteiger partial charge is 0.260 e. The van der Waals surface area contributed by atoms with Gasteiger partial charge in [-0.15, -0.1) is 0 Å². The summed E-state index contributed by atoms with van der Waals surface area (Å²) >= 11 is 0. The van der Waals surface area contributed by atoms with E-state index in [1.54, 1.807) is 13.0 Å². The van der Waals surface area contributed by atoms with Crippen molar-refractivity contribution in [2.75, 3.05) is 11.9 Å². The van der Waals surface area contributed by atoms with Crippen molar-refractivity contribution in [3.8, 4) is 11.8 Å². The summed E-state index contributed by atoms with van der Waals surface area (Å²) in [5.74, 6) is 6.08. The van der Waals surface area contributed by atoms with E-state index in [2.05, 4.69) is 22.3 Å². The molecule has 0 radical (unpaired) electrons. The number of carbonyl (C=O) groups excluding carboxylic acids is 1. The van der Waals surface area contributed by atoms with E-state index in [-0.39, 0.29) is 12.5 Å². The van der Waals surface area contributed by atoms with Gasteiger partial charge in [0.25, 0.3) is 5.91 Å². The number of anilines is 1. The Hall–Kier alpha value is -2.58. The number of nitrogens with zero attached hydrogens (tertiary/aromatic N) is 1. The molecule has 108 valence electrons. The molecule has 0 unspecified atom stereocenters. The lowest BCUT2D eigenvalue weighted by Gasteiger charge is -2.06. The molecule has 1 heterocycles. The molecule has 0 atom stereocenters. The van der Waals surface area contributed by atoms with E-state index in [1.807, 2.05) is 19.1 Å². The maximum absolute atomic E-state index is 12.0. The molecule has 0 spiro atoms. The number of nitrogens with one attached hydrogen (secondary N) is 1. The number of carbonyl (C=O) groups is 1. The minimum atomic E-state index is -0.257. The fourth-order valence-corrected chi connectivity index (χ4v) is 1.81. The van der Waals surface area contributed by atoms with Gasteiger partial charge in [0.15, 0.2) is 0 Å². The lowest BCUT2D eigenvalue weighted by molar-refractivity contribution is 0.102. The molecule has 0 bridgehead atoms. The van der Waals surface area contributed by atoms with Crippen molar-refractivity contribution in [1.29, 1.82) is 0 Å². The van der Waals surface area contributed by atoms with E-state index >= 15 is 0 Å². The Morgan fingerprint density at radius 3 is 2.86 bits per heavy atom. The quantitative estimate of drug-likeness (QED) is 0.848. The summed E-state index contributed by atoms with van der Waals surface area (Å²) in [6.07, 6.45) is 1.84. The van der Waals surface area contributed by atoms with Gasteiger partial charge in [-0.1, -0.05) is 17.0 Å². The highest BCUT2D eigenvalue weighted by Gasteiger charge is 2.13. The Kier molecular flexibility index (Phi) is 4.75. The summed E-state index contributed by atoms with van der Waals surface area (Å²) in [4.78, 5) is 12.0. The molecule has 21 heavy (non-hydrogen) atoms. The second-order valence-electron chi connectivity index (χ2n) is 4.55. The van der Waals surface area contributed by atoms with Crippen LogP contribution in [0.4, 0.5) is 5.69 Å². The first-order valence-corrected chi connectivity index (χ1v) is 6.55. The van der Waals surface area contributed by atoms with E-state index in [0.717, 1.165) is 11.1 Å². The topological polar surface area (TPSA) is 75.4 Å². The van der Waals surface area contributed by atoms with Crippen molar-refractivity contribution in [3.63, 3.8) is 0 Å². The highest BCUT2D eigenvalue weighted by atomic mass is 16.5. The Bertz CT molecular complexity index is 708. The highest BCUT2D eigenvalue weighted by Crippen LogP contribution is 2.16. The SMILES string of the molecule is Cc1cc(NC(=O)c2cnoc2C)ccc1C#CCCO. The van der Waals surface area contributed by atoms with Crippen molar-refractivity contribution >= 4 is 11.6 Å². The number of hydrogen-bond donors (Lipinski definition) is 2. The van der Waals surface area contributed by atoms with Gasteiger partial charge < -0.3 is 14.9 Å². The zero-order valence-electron chi connectivity index (χ0n) is 11.9. The summed E-state index contributed by atoms with van der Waals surface area (Å²) in [6.45, 7) is 3.66. The van der Waals surface area contributed by atoms with Crippen LogP contribution in [0, 0.1) is 25.7 Å². The standard InChI is InChI=1S/C16H16N2O3/c1-11-9-14(7-6-13(11)5-3-4-8-19)18-16(20)15-10-17-21-12(15)2/h6-7,9-10,19H,4,8H2,1-2H3,(H,18,20). The molecule has 0 saturated carbocycles. The first kappa shape index (κ1) is 14.8. The van der Waals surface area contributed by atoms with Gasteiger partial charge in [-0.25, -0.2) is 0 Å². The largest absolute Gasteiger partial charge is 0.395 e. The van der Waals surface area contributed by atoms with Gasteiger partial charge in [0, 0.05) is 17.7 Å². The van der Waals surface area contributed by atoms with Crippen LogP contribution in [0.25, 0.3) is 0 Å². The van der Waals surface area contributed by atoms with Crippen molar-refractivity contribution in [2.45, 2.75) is 20.3 Å². The molecule has 0 aliphatic carbocycles. The summed E-state index contributed by atoms with van der Waals surface area (Å²) < 4.78 is 4.87. The van der Waals surface area contributed by atoms with Gasteiger partial charge in [-0.3, -0.25) is 4.79 Å². The molecule has 2 N–H and O–H groups in total. The first-order valence-electron chi connectivity index (χ1n) is 6.55. The lowest BCUT2D eigenvalue weighted by Crippen LogP contribution is -2.12. The molecule has 0 aliphatic rings. The van der Waals surface area contributed by atoms with Crippen LogP contribution in [-0.4, -0.2) is 22.8 Å². The van der Waals surface area contributed by atoms with Crippen LogP contribution >= 0.6 is 0 Å². The Balaban J connectivity index is 2.12. The van der Waals surface area contributed by atoms with Crippen molar-refractivity contribution in [3.05, 3.63) is 46.8 Å². The van der Waals surface area contributed by atoms with Crippen LogP contribution in [0.5, 0.6) is 0 Å². The lowest BCUT2D eigenvalue weighted by atomic mass is 10.1. The average molecular weight is 284 g/mol. The van der Waals surface area contributed by atoms with Crippen LogP contribution in [0.15, 0.2) is 28.9 Å². The predicted octanol–water partition coefficient (Wildman–Crippen LogP) is 2.28. The Morgan fingerprint density at radius 1 is 1.43 bits per heavy atom. The molecule has 0 fully saturated rings. The van der Waals surface area contributed by atoms with E-state index in [0.29, 0.717) is 23.4 Å². The van der Waals surface area contributed by atoms with E-state index in [1.165, 1.54) is 6.20 Å². The molecular weight excluding hydrogens is 268 g/mol. The van der Waals surface area contributed by atoms with Crippen LogP contribution in [-0.2, 0) is 0 Å². The van der Waals surface area contributed by atoms with Crippen molar-refractivity contribution < 1.29 is 14.4 Å². The van der Waals surface area contributed by atoms with Gasteiger partial charge >= 0.3 is 0 Å². The first-order chi connectivity index (χ1) is 10.1. The monoisotopic (exact) mass is 284 g/mol. The third kappa shape index (κ3) is 3.71. The van der Waals surface area contributed by atoms with Crippen LogP contribution < -0.4 is 5.32 Å². The van der Waals surface area contributed by atoms with E-state index in [9.17, 15) is 4.79 Å².